The second-order valence-electron chi connectivity index (χ2n) is 10.5. The minimum absolute atomic E-state index is 0.0862. The van der Waals surface area contributed by atoms with E-state index in [2.05, 4.69) is 5.32 Å². The molecule has 0 spiro atoms. The minimum Gasteiger partial charge on any atom is -0.489 e. The fraction of sp³-hybridized carbons (Fsp3) is 0.290. The number of benzene rings is 3. The van der Waals surface area contributed by atoms with E-state index in [1.807, 2.05) is 87.5 Å². The maximum absolute atomic E-state index is 12.9. The average Bonchev–Trinajstić information content (AvgIpc) is 3.50. The van der Waals surface area contributed by atoms with Crippen LogP contribution >= 0.6 is 0 Å². The Bertz CT molecular complexity index is 1360. The van der Waals surface area contributed by atoms with Crippen LogP contribution in [0.5, 0.6) is 11.5 Å². The number of nitrogens with zero attached hydrogens (tertiary/aromatic N) is 1. The molecular formula is C31H32N2O5. The van der Waals surface area contributed by atoms with Gasteiger partial charge in [-0.15, -0.1) is 0 Å². The van der Waals surface area contributed by atoms with Gasteiger partial charge in [0.2, 0.25) is 0 Å². The Morgan fingerprint density at radius 2 is 1.61 bits per heavy atom. The van der Waals surface area contributed by atoms with Gasteiger partial charge < -0.3 is 19.5 Å². The van der Waals surface area contributed by atoms with Gasteiger partial charge in [0.25, 0.3) is 5.91 Å². The Morgan fingerprint density at radius 1 is 0.895 bits per heavy atom. The zero-order chi connectivity index (χ0) is 26.7. The van der Waals surface area contributed by atoms with Crippen molar-refractivity contribution >= 4 is 17.6 Å². The van der Waals surface area contributed by atoms with Gasteiger partial charge in [0, 0.05) is 18.7 Å². The zero-order valence-corrected chi connectivity index (χ0v) is 22.0. The summed E-state index contributed by atoms with van der Waals surface area (Å²) >= 11 is 0. The summed E-state index contributed by atoms with van der Waals surface area (Å²) in [7, 11) is 0. The molecule has 0 saturated heterocycles. The molecular weight excluding hydrogens is 480 g/mol. The number of carbonyl (C=O) groups is 2. The lowest BCUT2D eigenvalue weighted by Gasteiger charge is -2.24. The highest BCUT2D eigenvalue weighted by molar-refractivity contribution is 5.98. The number of fused-ring (bicyclic) bond motifs is 1. The topological polar surface area (TPSA) is 77.1 Å². The Morgan fingerprint density at radius 3 is 2.34 bits per heavy atom. The molecule has 2 amide bonds. The molecule has 0 aliphatic carbocycles. The van der Waals surface area contributed by atoms with Gasteiger partial charge in [0.05, 0.1) is 6.54 Å². The molecule has 196 valence electrons. The highest BCUT2D eigenvalue weighted by Gasteiger charge is 2.30. The quantitative estimate of drug-likeness (QED) is 0.446. The third kappa shape index (κ3) is 5.99. The van der Waals surface area contributed by atoms with E-state index in [1.165, 1.54) is 0 Å². The van der Waals surface area contributed by atoms with Gasteiger partial charge in [-0.25, -0.2) is 4.79 Å². The Hall–Kier alpha value is -4.26. The first kappa shape index (κ1) is 25.4. The van der Waals surface area contributed by atoms with Crippen molar-refractivity contribution < 1.29 is 23.8 Å². The number of carbonyl (C=O) groups excluding carboxylic acids is 2. The zero-order valence-electron chi connectivity index (χ0n) is 22.0. The lowest BCUT2D eigenvalue weighted by Crippen LogP contribution is -2.36. The fourth-order valence-electron chi connectivity index (χ4n) is 4.51. The first-order valence-electron chi connectivity index (χ1n) is 12.7. The van der Waals surface area contributed by atoms with E-state index in [9.17, 15) is 9.59 Å². The van der Waals surface area contributed by atoms with Crippen LogP contribution in [-0.4, -0.2) is 42.2 Å². The van der Waals surface area contributed by atoms with Gasteiger partial charge in [0.1, 0.15) is 30.3 Å². The Balaban J connectivity index is 1.32. The minimum atomic E-state index is -0.584. The monoisotopic (exact) mass is 512 g/mol. The van der Waals surface area contributed by atoms with E-state index in [-0.39, 0.29) is 12.0 Å². The van der Waals surface area contributed by atoms with Crippen molar-refractivity contribution in [3.63, 3.8) is 0 Å². The molecule has 1 N–H and O–H groups in total. The summed E-state index contributed by atoms with van der Waals surface area (Å²) in [5, 5.41) is 2.83. The predicted molar refractivity (Wildman–Crippen MR) is 145 cm³/mol. The largest absolute Gasteiger partial charge is 0.489 e. The number of nitrogens with one attached hydrogen (secondary N) is 1. The third-order valence-corrected chi connectivity index (χ3v) is 6.44. The lowest BCUT2D eigenvalue weighted by molar-refractivity contribution is 0.0301. The van der Waals surface area contributed by atoms with Crippen LogP contribution in [0.4, 0.5) is 4.79 Å². The Kier molecular flexibility index (Phi) is 7.09. The van der Waals surface area contributed by atoms with Crippen LogP contribution in [0.2, 0.25) is 0 Å². The molecule has 2 aliphatic rings. The number of amides is 2. The van der Waals surface area contributed by atoms with E-state index in [0.717, 1.165) is 33.6 Å². The van der Waals surface area contributed by atoms with E-state index in [1.54, 1.807) is 11.0 Å². The summed E-state index contributed by atoms with van der Waals surface area (Å²) in [5.74, 6) is 1.30. The van der Waals surface area contributed by atoms with Crippen LogP contribution in [-0.2, 0) is 17.9 Å². The van der Waals surface area contributed by atoms with Crippen LogP contribution in [0.15, 0.2) is 78.4 Å². The van der Waals surface area contributed by atoms with Crippen molar-refractivity contribution in [1.29, 1.82) is 0 Å². The summed E-state index contributed by atoms with van der Waals surface area (Å²) in [6.07, 6.45) is -0.359. The highest BCUT2D eigenvalue weighted by Crippen LogP contribution is 2.31. The molecule has 0 unspecified atom stereocenters. The van der Waals surface area contributed by atoms with Crippen LogP contribution in [0.25, 0.3) is 5.57 Å². The summed E-state index contributed by atoms with van der Waals surface area (Å²) < 4.78 is 17.7. The summed E-state index contributed by atoms with van der Waals surface area (Å²) in [6, 6.07) is 23.5. The molecule has 5 rings (SSSR count). The number of hydrogen-bond donors (Lipinski definition) is 1. The maximum Gasteiger partial charge on any atom is 0.410 e. The van der Waals surface area contributed by atoms with Crippen LogP contribution in [0.1, 0.15) is 47.8 Å². The molecule has 0 bridgehead atoms. The summed E-state index contributed by atoms with van der Waals surface area (Å²) in [5.41, 5.74) is 5.13. The smallest absolute Gasteiger partial charge is 0.410 e. The van der Waals surface area contributed by atoms with Crippen LogP contribution < -0.4 is 14.8 Å². The van der Waals surface area contributed by atoms with Crippen molar-refractivity contribution in [3.05, 3.63) is 101 Å². The molecule has 2 aliphatic heterocycles. The standard InChI is InChI=1S/C31H32N2O5/c1-31(2,3)38-30(35)33-17-24(20-37-26-14-11-23-16-32-29(34)27(23)15-26)28(18-33)22-9-12-25(13-10-22)36-19-21-7-5-4-6-8-21/h4-15H,16-20H2,1-3H3,(H,32,34). The normalized spacial score (nSPS) is 14.8. The number of rotatable bonds is 7. The number of ether oxygens (including phenoxy) is 3. The highest BCUT2D eigenvalue weighted by atomic mass is 16.6. The first-order valence-corrected chi connectivity index (χ1v) is 12.7. The average molecular weight is 513 g/mol. The molecule has 0 aromatic heterocycles. The molecule has 38 heavy (non-hydrogen) atoms. The summed E-state index contributed by atoms with van der Waals surface area (Å²) in [4.78, 5) is 26.6. The molecule has 0 fully saturated rings. The van der Waals surface area contributed by atoms with Gasteiger partial charge in [0.15, 0.2) is 0 Å². The number of hydrogen-bond acceptors (Lipinski definition) is 5. The van der Waals surface area contributed by atoms with Gasteiger partial charge >= 0.3 is 6.09 Å². The van der Waals surface area contributed by atoms with Crippen molar-refractivity contribution in [2.24, 2.45) is 0 Å². The Labute approximate surface area is 223 Å². The van der Waals surface area contributed by atoms with Gasteiger partial charge in [-0.2, -0.15) is 0 Å². The maximum atomic E-state index is 12.9. The predicted octanol–water partition coefficient (Wildman–Crippen LogP) is 5.59. The van der Waals surface area contributed by atoms with Crippen molar-refractivity contribution in [1.82, 2.24) is 10.2 Å². The van der Waals surface area contributed by atoms with E-state index in [0.29, 0.717) is 44.2 Å². The SMILES string of the molecule is CC(C)(C)OC(=O)N1CC(COc2ccc3c(c2)C(=O)NC3)=C(c2ccc(OCc3ccccc3)cc2)C1. The summed E-state index contributed by atoms with van der Waals surface area (Å²) in [6.45, 7) is 7.73. The molecule has 7 nitrogen and oxygen atoms in total. The van der Waals surface area contributed by atoms with E-state index < -0.39 is 5.60 Å². The molecule has 3 aromatic rings. The molecule has 2 heterocycles. The van der Waals surface area contributed by atoms with E-state index in [4.69, 9.17) is 14.2 Å². The second kappa shape index (κ2) is 10.6. The van der Waals surface area contributed by atoms with E-state index >= 15 is 0 Å². The first-order chi connectivity index (χ1) is 18.2. The third-order valence-electron chi connectivity index (χ3n) is 6.44. The van der Waals surface area contributed by atoms with Crippen molar-refractivity contribution in [2.75, 3.05) is 19.7 Å². The fourth-order valence-corrected chi connectivity index (χ4v) is 4.51. The molecule has 0 radical (unpaired) electrons. The van der Waals surface area contributed by atoms with Gasteiger partial charge in [-0.05, 0) is 72.9 Å². The van der Waals surface area contributed by atoms with Crippen molar-refractivity contribution in [2.45, 2.75) is 39.5 Å². The van der Waals surface area contributed by atoms with Crippen LogP contribution in [0.3, 0.4) is 0 Å². The molecule has 7 heteroatoms. The second-order valence-corrected chi connectivity index (χ2v) is 10.5. The molecule has 3 aromatic carbocycles. The van der Waals surface area contributed by atoms with Crippen molar-refractivity contribution in [3.8, 4) is 11.5 Å². The lowest BCUT2D eigenvalue weighted by atomic mass is 10.0. The van der Waals surface area contributed by atoms with Crippen LogP contribution in [0, 0.1) is 0 Å². The van der Waals surface area contributed by atoms with Gasteiger partial charge in [-0.3, -0.25) is 9.69 Å². The van der Waals surface area contributed by atoms with Gasteiger partial charge in [-0.1, -0.05) is 48.5 Å². The molecule has 0 atom stereocenters. The molecule has 0 saturated carbocycles.